The van der Waals surface area contributed by atoms with Gasteiger partial charge in [0.15, 0.2) is 0 Å². The third-order valence-electron chi connectivity index (χ3n) is 2.83. The molecule has 1 aliphatic heterocycles. The Morgan fingerprint density at radius 1 is 1.44 bits per heavy atom. The molecule has 1 atom stereocenters. The van der Waals surface area contributed by atoms with Crippen molar-refractivity contribution in [3.8, 4) is 0 Å². The van der Waals surface area contributed by atoms with Crippen molar-refractivity contribution >= 4 is 32.0 Å². The van der Waals surface area contributed by atoms with Crippen LogP contribution >= 0.6 is 15.9 Å². The summed E-state index contributed by atoms with van der Waals surface area (Å²) in [4.78, 5) is 0. The van der Waals surface area contributed by atoms with Gasteiger partial charge in [0.05, 0.1) is 0 Å². The quantitative estimate of drug-likeness (QED) is 0.918. The Kier molecular flexibility index (Phi) is 4.21. The molecule has 0 amide bonds. The van der Waals surface area contributed by atoms with Crippen molar-refractivity contribution < 1.29 is 8.42 Å². The van der Waals surface area contributed by atoms with Crippen molar-refractivity contribution in [1.29, 1.82) is 0 Å². The summed E-state index contributed by atoms with van der Waals surface area (Å²) in [7, 11) is -3.35. The van der Waals surface area contributed by atoms with E-state index in [1.165, 1.54) is 9.71 Å². The molecule has 4 nitrogen and oxygen atoms in total. The Labute approximate surface area is 116 Å². The molecule has 2 N–H and O–H groups in total. The zero-order valence-corrected chi connectivity index (χ0v) is 12.2. The molecule has 0 bridgehead atoms. The summed E-state index contributed by atoms with van der Waals surface area (Å²) in [5.41, 5.74) is 6.56. The van der Waals surface area contributed by atoms with Crippen LogP contribution in [0.25, 0.3) is 6.08 Å². The minimum atomic E-state index is -3.35. The van der Waals surface area contributed by atoms with Crippen LogP contribution in [-0.4, -0.2) is 31.9 Å². The zero-order valence-electron chi connectivity index (χ0n) is 9.79. The molecule has 1 aromatic rings. The van der Waals surface area contributed by atoms with Crippen LogP contribution in [-0.2, 0) is 10.0 Å². The molecular formula is C12H15BrN2O2S. The summed E-state index contributed by atoms with van der Waals surface area (Å²) in [6.45, 7) is 0.914. The minimum absolute atomic E-state index is 0.0426. The number of halogens is 1. The normalized spacial score (nSPS) is 21.8. The number of hydrogen-bond donors (Lipinski definition) is 1. The molecule has 1 heterocycles. The fourth-order valence-electron chi connectivity index (χ4n) is 1.85. The Balaban J connectivity index is 2.13. The summed E-state index contributed by atoms with van der Waals surface area (Å²) >= 11 is 3.35. The maximum atomic E-state index is 12.0. The van der Waals surface area contributed by atoms with E-state index in [-0.39, 0.29) is 6.04 Å². The van der Waals surface area contributed by atoms with Gasteiger partial charge >= 0.3 is 0 Å². The van der Waals surface area contributed by atoms with Gasteiger partial charge in [-0.3, -0.25) is 0 Å². The van der Waals surface area contributed by atoms with E-state index in [1.54, 1.807) is 6.08 Å². The van der Waals surface area contributed by atoms with E-state index in [9.17, 15) is 8.42 Å². The lowest BCUT2D eigenvalue weighted by atomic mass is 10.2. The first-order valence-corrected chi connectivity index (χ1v) is 7.96. The molecule has 6 heteroatoms. The molecular weight excluding hydrogens is 316 g/mol. The second-order valence-electron chi connectivity index (χ2n) is 4.31. The first-order valence-electron chi connectivity index (χ1n) is 5.67. The van der Waals surface area contributed by atoms with Crippen LogP contribution in [0.3, 0.4) is 0 Å². The summed E-state index contributed by atoms with van der Waals surface area (Å²) in [6, 6.07) is 7.43. The average Bonchev–Trinajstić information content (AvgIpc) is 2.74. The summed E-state index contributed by atoms with van der Waals surface area (Å²) < 4.78 is 26.4. The highest BCUT2D eigenvalue weighted by atomic mass is 79.9. The molecule has 1 saturated heterocycles. The second-order valence-corrected chi connectivity index (χ2v) is 7.04. The Morgan fingerprint density at radius 3 is 2.83 bits per heavy atom. The van der Waals surface area contributed by atoms with E-state index in [0.29, 0.717) is 13.1 Å². The molecule has 98 valence electrons. The van der Waals surface area contributed by atoms with Crippen LogP contribution in [0, 0.1) is 0 Å². The van der Waals surface area contributed by atoms with Gasteiger partial charge in [0, 0.05) is 29.0 Å². The predicted molar refractivity (Wildman–Crippen MR) is 76.3 cm³/mol. The van der Waals surface area contributed by atoms with Gasteiger partial charge in [-0.05, 0) is 30.2 Å². The molecule has 1 fully saturated rings. The number of nitrogens with zero attached hydrogens (tertiary/aromatic N) is 1. The molecule has 18 heavy (non-hydrogen) atoms. The molecule has 2 rings (SSSR count). The molecule has 0 aliphatic carbocycles. The van der Waals surface area contributed by atoms with E-state index < -0.39 is 10.0 Å². The van der Waals surface area contributed by atoms with Crippen molar-refractivity contribution in [2.75, 3.05) is 13.1 Å². The van der Waals surface area contributed by atoms with Gasteiger partial charge < -0.3 is 5.73 Å². The van der Waals surface area contributed by atoms with Crippen molar-refractivity contribution in [2.45, 2.75) is 12.5 Å². The molecule has 0 aromatic heterocycles. The van der Waals surface area contributed by atoms with Gasteiger partial charge in [-0.25, -0.2) is 8.42 Å². The highest BCUT2D eigenvalue weighted by Crippen LogP contribution is 2.16. The number of sulfonamides is 1. The van der Waals surface area contributed by atoms with Gasteiger partial charge in [-0.15, -0.1) is 0 Å². The van der Waals surface area contributed by atoms with E-state index in [0.717, 1.165) is 16.5 Å². The third kappa shape index (κ3) is 3.41. The van der Waals surface area contributed by atoms with E-state index in [4.69, 9.17) is 5.73 Å². The van der Waals surface area contributed by atoms with Crippen molar-refractivity contribution in [3.05, 3.63) is 39.7 Å². The fourth-order valence-corrected chi connectivity index (χ4v) is 3.52. The monoisotopic (exact) mass is 330 g/mol. The largest absolute Gasteiger partial charge is 0.326 e. The van der Waals surface area contributed by atoms with Crippen LogP contribution in [0.1, 0.15) is 12.0 Å². The van der Waals surface area contributed by atoms with Gasteiger partial charge in [0.25, 0.3) is 0 Å². The highest BCUT2D eigenvalue weighted by Gasteiger charge is 2.27. The van der Waals surface area contributed by atoms with Crippen LogP contribution in [0.15, 0.2) is 34.1 Å². The van der Waals surface area contributed by atoms with Crippen molar-refractivity contribution in [2.24, 2.45) is 5.73 Å². The van der Waals surface area contributed by atoms with E-state index >= 15 is 0 Å². The SMILES string of the molecule is N[C@@H]1CCN(S(=O)(=O)/C=C/c2cccc(Br)c2)C1. The van der Waals surface area contributed by atoms with Crippen molar-refractivity contribution in [1.82, 2.24) is 4.31 Å². The van der Waals surface area contributed by atoms with E-state index in [1.807, 2.05) is 24.3 Å². The predicted octanol–water partition coefficient (Wildman–Crippen LogP) is 1.78. The molecule has 1 aliphatic rings. The summed E-state index contributed by atoms with van der Waals surface area (Å²) in [6.07, 6.45) is 2.33. The number of nitrogens with two attached hydrogens (primary N) is 1. The Morgan fingerprint density at radius 2 is 2.22 bits per heavy atom. The molecule has 1 aromatic carbocycles. The van der Waals surface area contributed by atoms with Crippen LogP contribution in [0.5, 0.6) is 0 Å². The lowest BCUT2D eigenvalue weighted by Crippen LogP contribution is -2.30. The van der Waals surface area contributed by atoms with Crippen LogP contribution in [0.4, 0.5) is 0 Å². The van der Waals surface area contributed by atoms with Gasteiger partial charge in [-0.1, -0.05) is 28.1 Å². The molecule has 0 saturated carbocycles. The molecule has 0 unspecified atom stereocenters. The standard InChI is InChI=1S/C12H15BrN2O2S/c13-11-3-1-2-10(8-11)5-7-18(16,17)15-6-4-12(14)9-15/h1-3,5,7-8,12H,4,6,9,14H2/b7-5+/t12-/m1/s1. The number of rotatable bonds is 3. The third-order valence-corrected chi connectivity index (χ3v) is 4.85. The summed E-state index contributed by atoms with van der Waals surface area (Å²) in [5.74, 6) is 0. The summed E-state index contributed by atoms with van der Waals surface area (Å²) in [5, 5.41) is 1.24. The van der Waals surface area contributed by atoms with Crippen molar-refractivity contribution in [3.63, 3.8) is 0 Å². The fraction of sp³-hybridized carbons (Fsp3) is 0.333. The van der Waals surface area contributed by atoms with E-state index in [2.05, 4.69) is 15.9 Å². The smallest absolute Gasteiger partial charge is 0.236 e. The number of benzene rings is 1. The van der Waals surface area contributed by atoms with Gasteiger partial charge in [-0.2, -0.15) is 4.31 Å². The lowest BCUT2D eigenvalue weighted by Gasteiger charge is -2.12. The first-order chi connectivity index (χ1) is 8.47. The van der Waals surface area contributed by atoms with Gasteiger partial charge in [0.2, 0.25) is 10.0 Å². The topological polar surface area (TPSA) is 63.4 Å². The van der Waals surface area contributed by atoms with Crippen LogP contribution in [0.2, 0.25) is 0 Å². The van der Waals surface area contributed by atoms with Crippen LogP contribution < -0.4 is 5.73 Å². The van der Waals surface area contributed by atoms with Gasteiger partial charge in [0.1, 0.15) is 0 Å². The highest BCUT2D eigenvalue weighted by molar-refractivity contribution is 9.10. The first kappa shape index (κ1) is 13.7. The maximum absolute atomic E-state index is 12.0. The Bertz CT molecular complexity index is 557. The average molecular weight is 331 g/mol. The molecule has 0 radical (unpaired) electrons. The second kappa shape index (κ2) is 5.52. The minimum Gasteiger partial charge on any atom is -0.326 e. The maximum Gasteiger partial charge on any atom is 0.236 e. The number of hydrogen-bond acceptors (Lipinski definition) is 3. The lowest BCUT2D eigenvalue weighted by molar-refractivity contribution is 0.481. The zero-order chi connectivity index (χ0) is 13.2. The Hall–Kier alpha value is -0.690. The molecule has 0 spiro atoms.